The molecule has 1 aromatic carbocycles. The highest BCUT2D eigenvalue weighted by atomic mass is 16.6. The molecule has 1 N–H and O–H groups in total. The average molecular weight is 208 g/mol. The lowest BCUT2D eigenvalue weighted by molar-refractivity contribution is -0.176. The molecule has 0 spiro atoms. The third-order valence-corrected chi connectivity index (χ3v) is 2.34. The van der Waals surface area contributed by atoms with Gasteiger partial charge in [0, 0.05) is 0 Å². The first-order valence-corrected chi connectivity index (χ1v) is 4.78. The van der Waals surface area contributed by atoms with Gasteiger partial charge in [-0.05, 0) is 5.56 Å². The summed E-state index contributed by atoms with van der Waals surface area (Å²) in [7, 11) is 0. The van der Waals surface area contributed by atoms with Crippen molar-refractivity contribution in [3.8, 4) is 0 Å². The zero-order chi connectivity index (χ0) is 10.7. The molecule has 4 nitrogen and oxygen atoms in total. The summed E-state index contributed by atoms with van der Waals surface area (Å²) in [4.78, 5) is 10.6. The van der Waals surface area contributed by atoms with Crippen LogP contribution in [0.4, 0.5) is 0 Å². The number of aliphatic carboxylic acids is 1. The van der Waals surface area contributed by atoms with E-state index < -0.39 is 12.1 Å². The van der Waals surface area contributed by atoms with E-state index in [1.54, 1.807) is 0 Å². The molecule has 1 saturated heterocycles. The Morgan fingerprint density at radius 2 is 1.93 bits per heavy atom. The molecule has 0 radical (unpaired) electrons. The molecule has 2 atom stereocenters. The highest BCUT2D eigenvalue weighted by Crippen LogP contribution is 2.22. The van der Waals surface area contributed by atoms with Crippen LogP contribution in [0, 0.1) is 0 Å². The van der Waals surface area contributed by atoms with Crippen LogP contribution in [0.15, 0.2) is 30.3 Å². The number of carboxylic acids is 1. The molecule has 15 heavy (non-hydrogen) atoms. The van der Waals surface area contributed by atoms with Crippen LogP contribution < -0.4 is 0 Å². The van der Waals surface area contributed by atoms with E-state index in [1.165, 1.54) is 0 Å². The Balaban J connectivity index is 1.97. The molecule has 1 fully saturated rings. The van der Waals surface area contributed by atoms with E-state index in [-0.39, 0.29) is 12.7 Å². The molecular weight excluding hydrogens is 196 g/mol. The minimum absolute atomic E-state index is 0.106. The van der Waals surface area contributed by atoms with Gasteiger partial charge in [-0.3, -0.25) is 0 Å². The van der Waals surface area contributed by atoms with Gasteiger partial charge in [-0.25, -0.2) is 4.79 Å². The van der Waals surface area contributed by atoms with Crippen LogP contribution in [0.1, 0.15) is 11.7 Å². The van der Waals surface area contributed by atoms with Crippen molar-refractivity contribution in [3.05, 3.63) is 35.9 Å². The summed E-state index contributed by atoms with van der Waals surface area (Å²) in [5.74, 6) is -0.971. The summed E-state index contributed by atoms with van der Waals surface area (Å²) < 4.78 is 10.6. The fourth-order valence-electron chi connectivity index (χ4n) is 1.51. The van der Waals surface area contributed by atoms with Crippen molar-refractivity contribution in [2.75, 3.05) is 13.2 Å². The second-order valence-corrected chi connectivity index (χ2v) is 3.39. The van der Waals surface area contributed by atoms with E-state index in [9.17, 15) is 4.79 Å². The van der Waals surface area contributed by atoms with E-state index in [4.69, 9.17) is 14.6 Å². The molecule has 80 valence electrons. The van der Waals surface area contributed by atoms with E-state index >= 15 is 0 Å². The molecule has 1 aliphatic heterocycles. The van der Waals surface area contributed by atoms with Crippen molar-refractivity contribution in [2.24, 2.45) is 0 Å². The summed E-state index contributed by atoms with van der Waals surface area (Å²) in [5, 5.41) is 8.69. The van der Waals surface area contributed by atoms with Crippen LogP contribution in [-0.4, -0.2) is 30.4 Å². The summed E-state index contributed by atoms with van der Waals surface area (Å²) in [5.41, 5.74) is 1.02. The number of rotatable bonds is 2. The highest BCUT2D eigenvalue weighted by molar-refractivity contribution is 5.72. The monoisotopic (exact) mass is 208 g/mol. The largest absolute Gasteiger partial charge is 0.479 e. The fraction of sp³-hybridized carbons (Fsp3) is 0.364. The average Bonchev–Trinajstić information content (AvgIpc) is 2.30. The van der Waals surface area contributed by atoms with Gasteiger partial charge in [-0.1, -0.05) is 30.3 Å². The molecule has 0 amide bonds. The lowest BCUT2D eigenvalue weighted by atomic mass is 10.1. The first-order chi connectivity index (χ1) is 7.27. The summed E-state index contributed by atoms with van der Waals surface area (Å²) in [6.45, 7) is 0.399. The molecule has 1 aliphatic rings. The number of benzene rings is 1. The van der Waals surface area contributed by atoms with Crippen LogP contribution in [0.25, 0.3) is 0 Å². The SMILES string of the molecule is O=C(O)[C@@H]1CO[C@H](c2ccccc2)CO1. The minimum atomic E-state index is -0.971. The van der Waals surface area contributed by atoms with Crippen LogP contribution in [0.2, 0.25) is 0 Å². The van der Waals surface area contributed by atoms with E-state index in [0.717, 1.165) is 5.56 Å². The number of carboxylic acid groups (broad SMARTS) is 1. The predicted octanol–water partition coefficient (Wildman–Crippen LogP) is 1.23. The third kappa shape index (κ3) is 2.34. The third-order valence-electron chi connectivity index (χ3n) is 2.34. The second-order valence-electron chi connectivity index (χ2n) is 3.39. The Bertz CT molecular complexity index is 328. The Morgan fingerprint density at radius 3 is 2.47 bits per heavy atom. The van der Waals surface area contributed by atoms with Crippen molar-refractivity contribution >= 4 is 5.97 Å². The van der Waals surface area contributed by atoms with Crippen molar-refractivity contribution in [3.63, 3.8) is 0 Å². The van der Waals surface area contributed by atoms with Crippen molar-refractivity contribution in [2.45, 2.75) is 12.2 Å². The van der Waals surface area contributed by atoms with Gasteiger partial charge in [0.05, 0.1) is 13.2 Å². The molecular formula is C11H12O4. The Hall–Kier alpha value is -1.39. The topological polar surface area (TPSA) is 55.8 Å². The summed E-state index contributed by atoms with van der Waals surface area (Å²) in [6, 6.07) is 9.64. The number of carbonyl (C=O) groups is 1. The van der Waals surface area contributed by atoms with Crippen LogP contribution in [-0.2, 0) is 14.3 Å². The molecule has 1 aromatic rings. The quantitative estimate of drug-likeness (QED) is 0.794. The predicted molar refractivity (Wildman–Crippen MR) is 52.5 cm³/mol. The van der Waals surface area contributed by atoms with Crippen molar-refractivity contribution in [1.29, 1.82) is 0 Å². The molecule has 0 saturated carbocycles. The van der Waals surface area contributed by atoms with Crippen LogP contribution in [0.5, 0.6) is 0 Å². The Kier molecular flexibility index (Phi) is 2.99. The van der Waals surface area contributed by atoms with Crippen molar-refractivity contribution < 1.29 is 19.4 Å². The van der Waals surface area contributed by atoms with E-state index in [1.807, 2.05) is 30.3 Å². The zero-order valence-corrected chi connectivity index (χ0v) is 8.13. The molecule has 0 bridgehead atoms. The molecule has 4 heteroatoms. The first-order valence-electron chi connectivity index (χ1n) is 4.78. The Morgan fingerprint density at radius 1 is 1.20 bits per heavy atom. The maximum atomic E-state index is 10.6. The fourth-order valence-corrected chi connectivity index (χ4v) is 1.51. The molecule has 0 aliphatic carbocycles. The number of hydrogen-bond acceptors (Lipinski definition) is 3. The number of hydrogen-bond donors (Lipinski definition) is 1. The highest BCUT2D eigenvalue weighted by Gasteiger charge is 2.27. The van der Waals surface area contributed by atoms with Gasteiger partial charge < -0.3 is 14.6 Å². The molecule has 0 unspecified atom stereocenters. The molecule has 2 rings (SSSR count). The van der Waals surface area contributed by atoms with Crippen molar-refractivity contribution in [1.82, 2.24) is 0 Å². The van der Waals surface area contributed by atoms with Gasteiger partial charge in [0.25, 0.3) is 0 Å². The van der Waals surface area contributed by atoms with Crippen LogP contribution in [0.3, 0.4) is 0 Å². The smallest absolute Gasteiger partial charge is 0.335 e. The molecule has 1 heterocycles. The van der Waals surface area contributed by atoms with Crippen LogP contribution >= 0.6 is 0 Å². The van der Waals surface area contributed by atoms with Gasteiger partial charge in [0.1, 0.15) is 6.10 Å². The van der Waals surface area contributed by atoms with Gasteiger partial charge in [-0.2, -0.15) is 0 Å². The summed E-state index contributed by atoms with van der Waals surface area (Å²) >= 11 is 0. The van der Waals surface area contributed by atoms with Gasteiger partial charge in [-0.15, -0.1) is 0 Å². The lowest BCUT2D eigenvalue weighted by Gasteiger charge is -2.27. The van der Waals surface area contributed by atoms with Gasteiger partial charge in [0.2, 0.25) is 0 Å². The summed E-state index contributed by atoms with van der Waals surface area (Å²) in [6.07, 6.45) is -0.980. The first kappa shape index (κ1) is 10.1. The minimum Gasteiger partial charge on any atom is -0.479 e. The Labute approximate surface area is 87.4 Å². The van der Waals surface area contributed by atoms with Gasteiger partial charge >= 0.3 is 5.97 Å². The maximum absolute atomic E-state index is 10.6. The molecule has 0 aromatic heterocycles. The van der Waals surface area contributed by atoms with Gasteiger partial charge in [0.15, 0.2) is 6.10 Å². The zero-order valence-electron chi connectivity index (χ0n) is 8.13. The normalized spacial score (nSPS) is 26.1. The lowest BCUT2D eigenvalue weighted by Crippen LogP contribution is -2.36. The number of ether oxygens (including phenoxy) is 2. The van der Waals surface area contributed by atoms with E-state index in [0.29, 0.717) is 6.61 Å². The second kappa shape index (κ2) is 4.42. The maximum Gasteiger partial charge on any atom is 0.335 e. The van der Waals surface area contributed by atoms with E-state index in [2.05, 4.69) is 0 Å². The standard InChI is InChI=1S/C11H12O4/c12-11(13)10-7-14-9(6-15-10)8-4-2-1-3-5-8/h1-5,9-10H,6-7H2,(H,12,13)/t9-,10-/m0/s1.